The second-order valence-electron chi connectivity index (χ2n) is 7.91. The van der Waals surface area contributed by atoms with Crippen LogP contribution in [0.15, 0.2) is 35.4 Å². The number of rotatable bonds is 1. The topological polar surface area (TPSA) is 45.8 Å². The van der Waals surface area contributed by atoms with E-state index in [1.807, 2.05) is 0 Å². The summed E-state index contributed by atoms with van der Waals surface area (Å²) in [6.45, 7) is 8.39. The number of H-pyrrole nitrogens is 1. The maximum Gasteiger partial charge on any atom is 0.165 e. The van der Waals surface area contributed by atoms with Crippen molar-refractivity contribution in [3.8, 4) is 0 Å². The van der Waals surface area contributed by atoms with Crippen LogP contribution in [0.25, 0.3) is 0 Å². The molecule has 1 aromatic carbocycles. The third-order valence-electron chi connectivity index (χ3n) is 5.82. The highest BCUT2D eigenvalue weighted by Gasteiger charge is 2.44. The second-order valence-corrected chi connectivity index (χ2v) is 7.91. The third-order valence-corrected chi connectivity index (χ3v) is 5.82. The Labute approximate surface area is 143 Å². The first-order chi connectivity index (χ1) is 11.4. The van der Waals surface area contributed by atoms with Crippen LogP contribution in [0, 0.1) is 19.3 Å². The van der Waals surface area contributed by atoms with Crippen molar-refractivity contribution < 1.29 is 4.79 Å². The molecule has 0 spiro atoms. The number of carbonyl (C=O) groups is 1. The van der Waals surface area contributed by atoms with Crippen molar-refractivity contribution in [1.29, 1.82) is 0 Å². The maximum atomic E-state index is 13.3. The van der Waals surface area contributed by atoms with Crippen LogP contribution in [-0.2, 0) is 11.2 Å². The van der Waals surface area contributed by atoms with Gasteiger partial charge < -0.3 is 0 Å². The fourth-order valence-corrected chi connectivity index (χ4v) is 4.33. The molecule has 2 aliphatic carbocycles. The van der Waals surface area contributed by atoms with E-state index in [0.717, 1.165) is 36.2 Å². The van der Waals surface area contributed by atoms with Crippen molar-refractivity contribution in [3.05, 3.63) is 63.5 Å². The van der Waals surface area contributed by atoms with Gasteiger partial charge in [-0.1, -0.05) is 43.7 Å². The largest absolute Gasteiger partial charge is 0.294 e. The minimum absolute atomic E-state index is 0.0239. The molecule has 1 aromatic heterocycles. The lowest BCUT2D eigenvalue weighted by Gasteiger charge is -2.38. The molecule has 4 rings (SSSR count). The lowest BCUT2D eigenvalue weighted by atomic mass is 9.64. The van der Waals surface area contributed by atoms with Gasteiger partial charge in [0.25, 0.3) is 0 Å². The zero-order valence-electron chi connectivity index (χ0n) is 14.9. The van der Waals surface area contributed by atoms with E-state index in [1.165, 1.54) is 22.3 Å². The van der Waals surface area contributed by atoms with Crippen LogP contribution >= 0.6 is 0 Å². The molecule has 1 unspecified atom stereocenters. The molecule has 0 saturated heterocycles. The Kier molecular flexibility index (Phi) is 3.31. The predicted molar refractivity (Wildman–Crippen MR) is 95.1 cm³/mol. The first-order valence-corrected chi connectivity index (χ1v) is 8.76. The smallest absolute Gasteiger partial charge is 0.165 e. The van der Waals surface area contributed by atoms with Crippen molar-refractivity contribution in [2.45, 2.75) is 52.9 Å². The fourth-order valence-electron chi connectivity index (χ4n) is 4.33. The number of aryl methyl sites for hydroxylation is 2. The van der Waals surface area contributed by atoms with Gasteiger partial charge in [-0.05, 0) is 37.8 Å². The summed E-state index contributed by atoms with van der Waals surface area (Å²) in [5, 5.41) is 7.70. The number of nitrogens with one attached hydrogen (secondary N) is 1. The van der Waals surface area contributed by atoms with E-state index in [9.17, 15) is 4.79 Å². The average Bonchev–Trinajstić information content (AvgIpc) is 2.91. The molecule has 0 saturated carbocycles. The fraction of sp³-hybridized carbons (Fsp3) is 0.429. The summed E-state index contributed by atoms with van der Waals surface area (Å²) in [6.07, 6.45) is 2.75. The van der Waals surface area contributed by atoms with Crippen LogP contribution in [-0.4, -0.2) is 16.0 Å². The van der Waals surface area contributed by atoms with Crippen LogP contribution in [0.1, 0.15) is 60.7 Å². The quantitative estimate of drug-likeness (QED) is 0.846. The Morgan fingerprint density at radius 2 is 1.96 bits per heavy atom. The van der Waals surface area contributed by atoms with Crippen LogP contribution < -0.4 is 0 Å². The number of Topliss-reactive ketones (excluding diaryl/α,β-unsaturated/α-hetero) is 1. The highest BCUT2D eigenvalue weighted by atomic mass is 16.1. The molecule has 3 heteroatoms. The van der Waals surface area contributed by atoms with Gasteiger partial charge in [-0.2, -0.15) is 5.10 Å². The van der Waals surface area contributed by atoms with Gasteiger partial charge in [-0.3, -0.25) is 9.89 Å². The molecule has 0 bridgehead atoms. The Morgan fingerprint density at radius 1 is 1.21 bits per heavy atom. The molecule has 1 N–H and O–H groups in total. The highest BCUT2D eigenvalue weighted by molar-refractivity contribution is 6.03. The molecule has 1 atom stereocenters. The van der Waals surface area contributed by atoms with Crippen molar-refractivity contribution in [2.75, 3.05) is 0 Å². The molecule has 2 aromatic rings. The van der Waals surface area contributed by atoms with E-state index < -0.39 is 0 Å². The van der Waals surface area contributed by atoms with E-state index in [-0.39, 0.29) is 11.3 Å². The summed E-state index contributed by atoms with van der Waals surface area (Å²) in [5.41, 5.74) is 7.96. The minimum atomic E-state index is -0.269. The molecule has 24 heavy (non-hydrogen) atoms. The number of aromatic nitrogens is 2. The molecule has 0 aliphatic heterocycles. The van der Waals surface area contributed by atoms with Crippen molar-refractivity contribution in [2.24, 2.45) is 5.41 Å². The SMILES string of the molecule is Cc1ccccc1C1C2=C(CCC(C)(C)C2=O)Cc2n[nH]c(C)c21. The maximum absolute atomic E-state index is 13.3. The van der Waals surface area contributed by atoms with Crippen molar-refractivity contribution in [3.63, 3.8) is 0 Å². The zero-order chi connectivity index (χ0) is 17.1. The Morgan fingerprint density at radius 3 is 2.71 bits per heavy atom. The molecule has 124 valence electrons. The third kappa shape index (κ3) is 2.10. The highest BCUT2D eigenvalue weighted by Crippen LogP contribution is 2.49. The number of ketones is 1. The Bertz CT molecular complexity index is 870. The van der Waals surface area contributed by atoms with Crippen molar-refractivity contribution >= 4 is 5.78 Å². The van der Waals surface area contributed by atoms with Crippen LogP contribution in [0.4, 0.5) is 0 Å². The van der Waals surface area contributed by atoms with Gasteiger partial charge in [0.15, 0.2) is 5.78 Å². The van der Waals surface area contributed by atoms with E-state index >= 15 is 0 Å². The molecular weight excluding hydrogens is 296 g/mol. The van der Waals surface area contributed by atoms with Gasteiger partial charge in [0.05, 0.1) is 5.69 Å². The molecule has 0 fully saturated rings. The zero-order valence-corrected chi connectivity index (χ0v) is 14.9. The number of benzene rings is 1. The predicted octanol–water partition coefficient (Wildman–Crippen LogP) is 4.40. The summed E-state index contributed by atoms with van der Waals surface area (Å²) in [4.78, 5) is 13.3. The van der Waals surface area contributed by atoms with Crippen LogP contribution in [0.5, 0.6) is 0 Å². The number of nitrogens with zero attached hydrogens (tertiary/aromatic N) is 1. The number of carbonyl (C=O) groups excluding carboxylic acids is 1. The van der Waals surface area contributed by atoms with Gasteiger partial charge in [-0.15, -0.1) is 0 Å². The van der Waals surface area contributed by atoms with Crippen LogP contribution in [0.2, 0.25) is 0 Å². The molecule has 0 radical (unpaired) electrons. The average molecular weight is 320 g/mol. The first-order valence-electron chi connectivity index (χ1n) is 8.76. The second kappa shape index (κ2) is 5.17. The van der Waals surface area contributed by atoms with E-state index in [4.69, 9.17) is 0 Å². The number of aromatic amines is 1. The molecule has 2 aliphatic rings. The number of hydrogen-bond donors (Lipinski definition) is 1. The number of allylic oxidation sites excluding steroid dienone is 2. The standard InChI is InChI=1S/C21H24N2O/c1-12-7-5-6-8-15(12)19-17-13(2)22-23-16(17)11-14-9-10-21(3,4)20(24)18(14)19/h5-8,19H,9-11H2,1-4H3,(H,22,23). The molecular formula is C21H24N2O. The summed E-state index contributed by atoms with van der Waals surface area (Å²) < 4.78 is 0. The summed E-state index contributed by atoms with van der Waals surface area (Å²) in [6, 6.07) is 8.44. The summed E-state index contributed by atoms with van der Waals surface area (Å²) >= 11 is 0. The lowest BCUT2D eigenvalue weighted by molar-refractivity contribution is -0.124. The van der Waals surface area contributed by atoms with Crippen molar-refractivity contribution in [1.82, 2.24) is 10.2 Å². The van der Waals surface area contributed by atoms with Gasteiger partial charge in [0.1, 0.15) is 0 Å². The normalized spacial score (nSPS) is 22.3. The van der Waals surface area contributed by atoms with E-state index in [2.05, 4.69) is 62.2 Å². The van der Waals surface area contributed by atoms with Gasteiger partial charge in [0.2, 0.25) is 0 Å². The van der Waals surface area contributed by atoms with Gasteiger partial charge >= 0.3 is 0 Å². The minimum Gasteiger partial charge on any atom is -0.294 e. The lowest BCUT2D eigenvalue weighted by Crippen LogP contribution is -2.35. The van der Waals surface area contributed by atoms with Crippen LogP contribution in [0.3, 0.4) is 0 Å². The number of fused-ring (bicyclic) bond motifs is 1. The first kappa shape index (κ1) is 15.4. The number of hydrogen-bond acceptors (Lipinski definition) is 2. The van der Waals surface area contributed by atoms with E-state index in [0.29, 0.717) is 5.78 Å². The monoisotopic (exact) mass is 320 g/mol. The Hall–Kier alpha value is -2.16. The van der Waals surface area contributed by atoms with Gasteiger partial charge in [-0.25, -0.2) is 0 Å². The summed E-state index contributed by atoms with van der Waals surface area (Å²) in [5.74, 6) is 0.346. The van der Waals surface area contributed by atoms with Gasteiger partial charge in [0, 0.05) is 34.6 Å². The Balaban J connectivity index is 1.99. The summed E-state index contributed by atoms with van der Waals surface area (Å²) in [7, 11) is 0. The molecule has 0 amide bonds. The molecule has 1 heterocycles. The van der Waals surface area contributed by atoms with E-state index in [1.54, 1.807) is 0 Å². The molecule has 3 nitrogen and oxygen atoms in total.